The van der Waals surface area contributed by atoms with Gasteiger partial charge in [-0.05, 0) is 36.5 Å². The van der Waals surface area contributed by atoms with E-state index >= 15 is 0 Å². The van der Waals surface area contributed by atoms with E-state index in [9.17, 15) is 4.79 Å². The molecular weight excluding hydrogens is 407 g/mol. The van der Waals surface area contributed by atoms with E-state index in [0.717, 1.165) is 25.1 Å². The van der Waals surface area contributed by atoms with E-state index in [1.165, 1.54) is 6.42 Å². The number of aliphatic imine (C=N–C) groups is 1. The Morgan fingerprint density at radius 3 is 2.91 bits per heavy atom. The summed E-state index contributed by atoms with van der Waals surface area (Å²) in [5.74, 6) is 1.37. The van der Waals surface area contributed by atoms with E-state index in [4.69, 9.17) is 16.2 Å². The van der Waals surface area contributed by atoms with Gasteiger partial charge in [0.25, 0.3) is 5.91 Å². The Balaban J connectivity index is 0.00000264. The molecule has 1 saturated heterocycles. The molecule has 1 atom stereocenters. The SMILES string of the molecule is CC1CCCN(C(N)=NCc2cccc(OCC(N)=O)c2)C1.I. The molecule has 0 aliphatic carbocycles. The topological polar surface area (TPSA) is 93.9 Å². The van der Waals surface area contributed by atoms with Crippen LogP contribution in [0.25, 0.3) is 0 Å². The van der Waals surface area contributed by atoms with Gasteiger partial charge in [0, 0.05) is 13.1 Å². The molecule has 128 valence electrons. The first kappa shape index (κ1) is 19.5. The van der Waals surface area contributed by atoms with E-state index < -0.39 is 5.91 Å². The number of hydrogen-bond acceptors (Lipinski definition) is 3. The first-order chi connectivity index (χ1) is 10.5. The van der Waals surface area contributed by atoms with Crippen molar-refractivity contribution in [2.45, 2.75) is 26.3 Å². The minimum atomic E-state index is -0.494. The monoisotopic (exact) mass is 432 g/mol. The lowest BCUT2D eigenvalue weighted by Gasteiger charge is -2.31. The predicted octanol–water partition coefficient (Wildman–Crippen LogP) is 1.72. The number of halogens is 1. The molecule has 0 aromatic heterocycles. The number of piperidine rings is 1. The number of hydrogen-bond donors (Lipinski definition) is 2. The van der Waals surface area contributed by atoms with Gasteiger partial charge in [-0.15, -0.1) is 24.0 Å². The van der Waals surface area contributed by atoms with Gasteiger partial charge in [-0.3, -0.25) is 4.79 Å². The standard InChI is InChI=1S/C16H24N4O2.HI/c1-12-4-3-7-20(10-12)16(18)19-9-13-5-2-6-14(8-13)22-11-15(17)21;/h2,5-6,8,12H,3-4,7,9-11H2,1H3,(H2,17,21)(H2,18,19);1H. The molecule has 0 bridgehead atoms. The van der Waals surface area contributed by atoms with Gasteiger partial charge in [0.2, 0.25) is 0 Å². The number of carbonyl (C=O) groups excluding carboxylic acids is 1. The Bertz CT molecular complexity index is 551. The summed E-state index contributed by atoms with van der Waals surface area (Å²) in [6.07, 6.45) is 2.41. The second kappa shape index (κ2) is 9.59. The zero-order valence-corrected chi connectivity index (χ0v) is 15.7. The van der Waals surface area contributed by atoms with Crippen molar-refractivity contribution in [3.8, 4) is 5.75 Å². The van der Waals surface area contributed by atoms with Crippen molar-refractivity contribution >= 4 is 35.8 Å². The molecule has 4 N–H and O–H groups in total. The maximum atomic E-state index is 10.7. The molecule has 0 spiro atoms. The van der Waals surface area contributed by atoms with Crippen LogP contribution in [-0.2, 0) is 11.3 Å². The van der Waals surface area contributed by atoms with Crippen molar-refractivity contribution in [1.29, 1.82) is 0 Å². The highest BCUT2D eigenvalue weighted by Gasteiger charge is 2.17. The normalized spacial score (nSPS) is 18.2. The zero-order valence-electron chi connectivity index (χ0n) is 13.4. The number of primary amides is 1. The number of carbonyl (C=O) groups is 1. The number of benzene rings is 1. The molecule has 1 amide bonds. The molecular formula is C16H25IN4O2. The lowest BCUT2D eigenvalue weighted by Crippen LogP contribution is -2.43. The van der Waals surface area contributed by atoms with Crippen LogP contribution in [0.5, 0.6) is 5.75 Å². The third-order valence-electron chi connectivity index (χ3n) is 3.68. The van der Waals surface area contributed by atoms with Gasteiger partial charge >= 0.3 is 0 Å². The molecule has 0 saturated carbocycles. The molecule has 0 radical (unpaired) electrons. The van der Waals surface area contributed by atoms with Crippen LogP contribution in [-0.4, -0.2) is 36.5 Å². The number of ether oxygens (including phenoxy) is 1. The minimum Gasteiger partial charge on any atom is -0.484 e. The van der Waals surface area contributed by atoms with Gasteiger partial charge in [0.1, 0.15) is 5.75 Å². The summed E-state index contributed by atoms with van der Waals surface area (Å²) in [6, 6.07) is 7.44. The minimum absolute atomic E-state index is 0. The van der Waals surface area contributed by atoms with Crippen LogP contribution in [0.2, 0.25) is 0 Å². The van der Waals surface area contributed by atoms with Crippen LogP contribution < -0.4 is 16.2 Å². The van der Waals surface area contributed by atoms with Gasteiger partial charge < -0.3 is 21.1 Å². The maximum Gasteiger partial charge on any atom is 0.255 e. The molecule has 2 rings (SSSR count). The molecule has 1 aliphatic heterocycles. The molecule has 1 aromatic carbocycles. The highest BCUT2D eigenvalue weighted by Crippen LogP contribution is 2.16. The van der Waals surface area contributed by atoms with Crippen molar-refractivity contribution in [2.75, 3.05) is 19.7 Å². The third-order valence-corrected chi connectivity index (χ3v) is 3.68. The average Bonchev–Trinajstić information content (AvgIpc) is 2.51. The number of likely N-dealkylation sites (tertiary alicyclic amines) is 1. The van der Waals surface area contributed by atoms with Gasteiger partial charge in [-0.2, -0.15) is 0 Å². The van der Waals surface area contributed by atoms with E-state index in [1.54, 1.807) is 6.07 Å². The Morgan fingerprint density at radius 2 is 2.22 bits per heavy atom. The first-order valence-electron chi connectivity index (χ1n) is 7.59. The fourth-order valence-electron chi connectivity index (χ4n) is 2.56. The predicted molar refractivity (Wildman–Crippen MR) is 102 cm³/mol. The number of guanidine groups is 1. The fourth-order valence-corrected chi connectivity index (χ4v) is 2.56. The summed E-state index contributed by atoms with van der Waals surface area (Å²) in [7, 11) is 0. The van der Waals surface area contributed by atoms with Gasteiger partial charge in [-0.1, -0.05) is 19.1 Å². The lowest BCUT2D eigenvalue weighted by molar-refractivity contribution is -0.119. The van der Waals surface area contributed by atoms with Crippen molar-refractivity contribution in [3.05, 3.63) is 29.8 Å². The summed E-state index contributed by atoms with van der Waals surface area (Å²) in [4.78, 5) is 17.3. The number of nitrogens with zero attached hydrogens (tertiary/aromatic N) is 2. The van der Waals surface area contributed by atoms with Crippen molar-refractivity contribution < 1.29 is 9.53 Å². The van der Waals surface area contributed by atoms with Crippen LogP contribution in [0, 0.1) is 5.92 Å². The molecule has 1 fully saturated rings. The molecule has 1 aliphatic rings. The highest BCUT2D eigenvalue weighted by atomic mass is 127. The Hall–Kier alpha value is -1.51. The average molecular weight is 432 g/mol. The highest BCUT2D eigenvalue weighted by molar-refractivity contribution is 14.0. The van der Waals surface area contributed by atoms with Crippen LogP contribution in [0.3, 0.4) is 0 Å². The molecule has 6 nitrogen and oxygen atoms in total. The summed E-state index contributed by atoms with van der Waals surface area (Å²) in [6.45, 7) is 4.54. The quantitative estimate of drug-likeness (QED) is 0.421. The Kier molecular flexibility index (Phi) is 8.15. The first-order valence-corrected chi connectivity index (χ1v) is 7.59. The van der Waals surface area contributed by atoms with Crippen molar-refractivity contribution in [2.24, 2.45) is 22.4 Å². The third kappa shape index (κ3) is 6.64. The molecule has 1 heterocycles. The van der Waals surface area contributed by atoms with Gasteiger partial charge in [0.15, 0.2) is 12.6 Å². The summed E-state index contributed by atoms with van der Waals surface area (Å²) >= 11 is 0. The smallest absolute Gasteiger partial charge is 0.255 e. The lowest BCUT2D eigenvalue weighted by atomic mass is 10.0. The van der Waals surface area contributed by atoms with E-state index in [2.05, 4.69) is 16.8 Å². The van der Waals surface area contributed by atoms with E-state index in [1.807, 2.05) is 18.2 Å². The zero-order chi connectivity index (χ0) is 15.9. The second-order valence-electron chi connectivity index (χ2n) is 5.77. The number of rotatable bonds is 5. The Labute approximate surface area is 154 Å². The van der Waals surface area contributed by atoms with Crippen LogP contribution in [0.4, 0.5) is 0 Å². The van der Waals surface area contributed by atoms with Gasteiger partial charge in [-0.25, -0.2) is 4.99 Å². The van der Waals surface area contributed by atoms with Crippen molar-refractivity contribution in [1.82, 2.24) is 4.90 Å². The number of amides is 1. The van der Waals surface area contributed by atoms with Crippen LogP contribution in [0.15, 0.2) is 29.3 Å². The van der Waals surface area contributed by atoms with Crippen molar-refractivity contribution in [3.63, 3.8) is 0 Å². The fraction of sp³-hybridized carbons (Fsp3) is 0.500. The largest absolute Gasteiger partial charge is 0.484 e. The van der Waals surface area contributed by atoms with E-state index in [0.29, 0.717) is 24.2 Å². The van der Waals surface area contributed by atoms with Crippen LogP contribution >= 0.6 is 24.0 Å². The summed E-state index contributed by atoms with van der Waals surface area (Å²) in [5.41, 5.74) is 12.1. The maximum absolute atomic E-state index is 10.7. The summed E-state index contributed by atoms with van der Waals surface area (Å²) < 4.78 is 5.28. The van der Waals surface area contributed by atoms with Gasteiger partial charge in [0.05, 0.1) is 6.54 Å². The molecule has 7 heteroatoms. The Morgan fingerprint density at radius 1 is 1.43 bits per heavy atom. The van der Waals surface area contributed by atoms with Crippen LogP contribution in [0.1, 0.15) is 25.3 Å². The number of nitrogens with two attached hydrogens (primary N) is 2. The molecule has 1 unspecified atom stereocenters. The second-order valence-corrected chi connectivity index (χ2v) is 5.77. The summed E-state index contributed by atoms with van der Waals surface area (Å²) in [5, 5.41) is 0. The van der Waals surface area contributed by atoms with E-state index in [-0.39, 0.29) is 30.6 Å². The molecule has 23 heavy (non-hydrogen) atoms. The molecule has 1 aromatic rings.